The van der Waals surface area contributed by atoms with Gasteiger partial charge in [-0.05, 0) is 12.8 Å². The molecule has 0 bridgehead atoms. The van der Waals surface area contributed by atoms with Gasteiger partial charge in [0.25, 0.3) is 0 Å². The summed E-state index contributed by atoms with van der Waals surface area (Å²) in [6, 6.07) is -0.181. The zero-order chi connectivity index (χ0) is 14.2. The number of halogens is 3. The second-order valence-corrected chi connectivity index (χ2v) is 4.86. The molecular formula is C12H16F3N3O. The van der Waals surface area contributed by atoms with Crippen LogP contribution in [0.3, 0.4) is 0 Å². The third-order valence-corrected chi connectivity index (χ3v) is 3.47. The van der Waals surface area contributed by atoms with E-state index in [0.717, 1.165) is 11.6 Å². The van der Waals surface area contributed by atoms with E-state index < -0.39 is 11.7 Å². The van der Waals surface area contributed by atoms with Gasteiger partial charge in [-0.15, -0.1) is 0 Å². The molecule has 1 aliphatic heterocycles. The summed E-state index contributed by atoms with van der Waals surface area (Å²) in [6.07, 6.45) is -1.74. The lowest BCUT2D eigenvalue weighted by molar-refractivity contribution is -0.0941. The molecule has 4 nitrogen and oxygen atoms in total. The minimum Gasteiger partial charge on any atom is -0.317 e. The molecule has 0 unspecified atom stereocenters. The molecule has 1 atom stereocenters. The van der Waals surface area contributed by atoms with Crippen molar-refractivity contribution < 1.29 is 18.0 Å². The highest BCUT2D eigenvalue weighted by molar-refractivity contribution is 5.77. The SMILES string of the molecule is CN1C(=O)N(CC2=CC=C(C(F)(F)F)CC2)C[C@@H]1N. The summed E-state index contributed by atoms with van der Waals surface area (Å²) in [5, 5.41) is 0. The van der Waals surface area contributed by atoms with Crippen LogP contribution in [0, 0.1) is 0 Å². The van der Waals surface area contributed by atoms with E-state index in [4.69, 9.17) is 5.73 Å². The Balaban J connectivity index is 2.01. The zero-order valence-corrected chi connectivity index (χ0v) is 10.6. The molecule has 19 heavy (non-hydrogen) atoms. The number of rotatable bonds is 2. The van der Waals surface area contributed by atoms with Crippen LogP contribution in [0.4, 0.5) is 18.0 Å². The lowest BCUT2D eigenvalue weighted by atomic mass is 9.98. The minimum absolute atomic E-state index is 0.0285. The Kier molecular flexibility index (Phi) is 3.58. The summed E-state index contributed by atoms with van der Waals surface area (Å²) >= 11 is 0. The first kappa shape index (κ1) is 13.9. The standard InChI is InChI=1S/C12H16F3N3O/c1-17-10(16)7-18(11(17)19)6-8-2-4-9(5-3-8)12(13,14)15/h2,4,10H,3,5-7,16H2,1H3/t10-/m1/s1. The lowest BCUT2D eigenvalue weighted by Crippen LogP contribution is -2.36. The number of likely N-dealkylation sites (N-methyl/N-ethyl adjacent to an activating group) is 1. The van der Waals surface area contributed by atoms with Crippen molar-refractivity contribution in [1.29, 1.82) is 0 Å². The van der Waals surface area contributed by atoms with Gasteiger partial charge in [-0.25, -0.2) is 4.79 Å². The maximum Gasteiger partial charge on any atom is 0.412 e. The van der Waals surface area contributed by atoms with Gasteiger partial charge >= 0.3 is 12.2 Å². The number of urea groups is 1. The Hall–Kier alpha value is -1.50. The summed E-state index contributed by atoms with van der Waals surface area (Å²) in [7, 11) is 1.61. The van der Waals surface area contributed by atoms with Crippen molar-refractivity contribution in [1.82, 2.24) is 9.80 Å². The largest absolute Gasteiger partial charge is 0.412 e. The van der Waals surface area contributed by atoms with E-state index in [9.17, 15) is 18.0 Å². The van der Waals surface area contributed by atoms with Gasteiger partial charge in [0.05, 0.1) is 12.7 Å². The Bertz CT molecular complexity index is 442. The van der Waals surface area contributed by atoms with Gasteiger partial charge in [-0.2, -0.15) is 13.2 Å². The molecule has 0 aromatic carbocycles. The number of carbonyl (C=O) groups excluding carboxylic acids is 1. The number of nitrogens with two attached hydrogens (primary N) is 1. The molecule has 1 fully saturated rings. The van der Waals surface area contributed by atoms with E-state index >= 15 is 0 Å². The fraction of sp³-hybridized carbons (Fsp3) is 0.583. The molecule has 1 aliphatic carbocycles. The first-order chi connectivity index (χ1) is 8.79. The summed E-state index contributed by atoms with van der Waals surface area (Å²) in [4.78, 5) is 14.8. The van der Waals surface area contributed by atoms with E-state index in [1.165, 1.54) is 11.0 Å². The zero-order valence-electron chi connectivity index (χ0n) is 10.6. The summed E-state index contributed by atoms with van der Waals surface area (Å²) < 4.78 is 37.4. The monoisotopic (exact) mass is 275 g/mol. The van der Waals surface area contributed by atoms with Crippen LogP contribution in [0.25, 0.3) is 0 Å². The van der Waals surface area contributed by atoms with E-state index in [-0.39, 0.29) is 18.6 Å². The number of alkyl halides is 3. The van der Waals surface area contributed by atoms with Gasteiger partial charge in [0.15, 0.2) is 0 Å². The molecule has 7 heteroatoms. The van der Waals surface area contributed by atoms with Gasteiger partial charge in [0.2, 0.25) is 0 Å². The molecule has 0 saturated carbocycles. The summed E-state index contributed by atoms with van der Waals surface area (Å²) in [5.41, 5.74) is 6.03. The van der Waals surface area contributed by atoms with Gasteiger partial charge in [0.1, 0.15) is 0 Å². The van der Waals surface area contributed by atoms with Gasteiger partial charge in [-0.3, -0.25) is 0 Å². The highest BCUT2D eigenvalue weighted by Crippen LogP contribution is 2.33. The molecule has 106 valence electrons. The second-order valence-electron chi connectivity index (χ2n) is 4.86. The number of carbonyl (C=O) groups is 1. The number of allylic oxidation sites excluding steroid dienone is 3. The predicted octanol–water partition coefficient (Wildman–Crippen LogP) is 1.85. The molecule has 0 aromatic rings. The number of hydrogen-bond acceptors (Lipinski definition) is 2. The van der Waals surface area contributed by atoms with Crippen LogP contribution in [0.2, 0.25) is 0 Å². The fourth-order valence-electron chi connectivity index (χ4n) is 2.22. The quantitative estimate of drug-likeness (QED) is 0.836. The average Bonchev–Trinajstić information content (AvgIpc) is 2.57. The fourth-order valence-corrected chi connectivity index (χ4v) is 2.22. The molecule has 2 aliphatic rings. The molecule has 1 saturated heterocycles. The Morgan fingerprint density at radius 3 is 2.47 bits per heavy atom. The summed E-state index contributed by atoms with van der Waals surface area (Å²) in [5.74, 6) is 0. The Morgan fingerprint density at radius 1 is 1.37 bits per heavy atom. The number of amides is 2. The second kappa shape index (κ2) is 4.88. The van der Waals surface area contributed by atoms with Crippen molar-refractivity contribution >= 4 is 6.03 Å². The number of nitrogens with zero attached hydrogens (tertiary/aromatic N) is 2. The van der Waals surface area contributed by atoms with Crippen LogP contribution < -0.4 is 5.73 Å². The Labute approximate surface area is 109 Å². The van der Waals surface area contributed by atoms with Crippen molar-refractivity contribution in [2.45, 2.75) is 25.2 Å². The average molecular weight is 275 g/mol. The minimum atomic E-state index is -4.26. The lowest BCUT2D eigenvalue weighted by Gasteiger charge is -2.21. The normalized spacial score (nSPS) is 24.7. The van der Waals surface area contributed by atoms with Crippen LogP contribution >= 0.6 is 0 Å². The van der Waals surface area contributed by atoms with Gasteiger partial charge in [-0.1, -0.05) is 17.7 Å². The molecule has 2 rings (SSSR count). The molecule has 0 radical (unpaired) electrons. The molecule has 0 aromatic heterocycles. The molecule has 2 amide bonds. The van der Waals surface area contributed by atoms with Gasteiger partial charge < -0.3 is 15.5 Å². The van der Waals surface area contributed by atoms with Crippen LogP contribution in [0.5, 0.6) is 0 Å². The first-order valence-electron chi connectivity index (χ1n) is 6.02. The molecular weight excluding hydrogens is 259 g/mol. The Morgan fingerprint density at radius 2 is 2.05 bits per heavy atom. The van der Waals surface area contributed by atoms with Crippen molar-refractivity contribution in [3.63, 3.8) is 0 Å². The van der Waals surface area contributed by atoms with Crippen LogP contribution in [0.15, 0.2) is 23.3 Å². The smallest absolute Gasteiger partial charge is 0.317 e. The number of hydrogen-bond donors (Lipinski definition) is 1. The maximum atomic E-state index is 12.5. The van der Waals surface area contributed by atoms with Crippen LogP contribution in [0.1, 0.15) is 12.8 Å². The van der Waals surface area contributed by atoms with E-state index in [2.05, 4.69) is 0 Å². The highest BCUT2D eigenvalue weighted by Gasteiger charge is 2.35. The predicted molar refractivity (Wildman–Crippen MR) is 64.2 cm³/mol. The third kappa shape index (κ3) is 2.91. The van der Waals surface area contributed by atoms with Crippen molar-refractivity contribution in [2.24, 2.45) is 5.73 Å². The van der Waals surface area contributed by atoms with Crippen molar-refractivity contribution in [3.8, 4) is 0 Å². The van der Waals surface area contributed by atoms with Crippen molar-refractivity contribution in [3.05, 3.63) is 23.3 Å². The van der Waals surface area contributed by atoms with E-state index in [0.29, 0.717) is 19.5 Å². The maximum absolute atomic E-state index is 12.5. The van der Waals surface area contributed by atoms with Crippen LogP contribution in [-0.4, -0.2) is 48.3 Å². The first-order valence-corrected chi connectivity index (χ1v) is 6.02. The van der Waals surface area contributed by atoms with E-state index in [1.54, 1.807) is 11.9 Å². The molecule has 0 spiro atoms. The van der Waals surface area contributed by atoms with Gasteiger partial charge in [0, 0.05) is 19.2 Å². The van der Waals surface area contributed by atoms with Crippen LogP contribution in [-0.2, 0) is 0 Å². The molecule has 1 heterocycles. The van der Waals surface area contributed by atoms with E-state index in [1.807, 2.05) is 0 Å². The molecule has 2 N–H and O–H groups in total. The topological polar surface area (TPSA) is 49.6 Å². The van der Waals surface area contributed by atoms with Crippen molar-refractivity contribution in [2.75, 3.05) is 20.1 Å². The third-order valence-electron chi connectivity index (χ3n) is 3.47. The summed E-state index contributed by atoms with van der Waals surface area (Å²) in [6.45, 7) is 0.751. The highest BCUT2D eigenvalue weighted by atomic mass is 19.4.